The molecule has 0 radical (unpaired) electrons. The first-order valence-corrected chi connectivity index (χ1v) is 7.40. The number of rotatable bonds is 4. The van der Waals surface area contributed by atoms with Crippen LogP contribution in [-0.2, 0) is 4.79 Å². The minimum absolute atomic E-state index is 0.215. The van der Waals surface area contributed by atoms with Gasteiger partial charge in [0.15, 0.2) is 0 Å². The molecule has 0 aliphatic rings. The van der Waals surface area contributed by atoms with E-state index in [2.05, 4.69) is 5.73 Å². The third-order valence-corrected chi connectivity index (χ3v) is 3.21. The van der Waals surface area contributed by atoms with Crippen molar-refractivity contribution in [3.05, 3.63) is 72.0 Å². The van der Waals surface area contributed by atoms with Crippen molar-refractivity contribution >= 4 is 11.5 Å². The number of benzene rings is 2. The number of carbonyl (C=O) groups is 1. The molecule has 0 spiro atoms. The Hall–Kier alpha value is -2.77. The molecule has 0 atom stereocenters. The summed E-state index contributed by atoms with van der Waals surface area (Å²) in [6.07, 6.45) is 1.05. The molecule has 118 valence electrons. The number of ether oxygens (including phenoxy) is 1. The predicted octanol–water partition coefficient (Wildman–Crippen LogP) is 5.15. The quantitative estimate of drug-likeness (QED) is 0.627. The molecule has 2 aromatic carbocycles. The predicted molar refractivity (Wildman–Crippen MR) is 91.5 cm³/mol. The van der Waals surface area contributed by atoms with E-state index < -0.39 is 5.97 Å². The van der Waals surface area contributed by atoms with E-state index in [1.54, 1.807) is 0 Å². The molecule has 23 heavy (non-hydrogen) atoms. The molecule has 0 amide bonds. The average molecular weight is 308 g/mol. The van der Waals surface area contributed by atoms with Crippen molar-refractivity contribution in [1.82, 2.24) is 0 Å². The van der Waals surface area contributed by atoms with Gasteiger partial charge in [0.25, 0.3) is 0 Å². The lowest BCUT2D eigenvalue weighted by atomic mass is 9.82. The van der Waals surface area contributed by atoms with Crippen LogP contribution in [0, 0.1) is 5.41 Å². The monoisotopic (exact) mass is 308 g/mol. The maximum atomic E-state index is 10.8. The van der Waals surface area contributed by atoms with Crippen LogP contribution in [-0.4, -0.2) is 11.1 Å². The lowest BCUT2D eigenvalue weighted by Crippen LogP contribution is -2.07. The normalized spacial score (nSPS) is 10.6. The number of carboxylic acid groups (broad SMARTS) is 1. The summed E-state index contributed by atoms with van der Waals surface area (Å²) in [5, 5.41) is 8.83. The van der Waals surface area contributed by atoms with Crippen LogP contribution in [0.2, 0.25) is 0 Å². The van der Waals surface area contributed by atoms with Gasteiger partial charge in [0.1, 0.15) is 11.5 Å². The number of hydrogen-bond acceptors (Lipinski definition) is 2. The van der Waals surface area contributed by atoms with Crippen LogP contribution in [0.25, 0.3) is 5.57 Å². The second-order valence-electron chi connectivity index (χ2n) is 6.19. The number of aliphatic carboxylic acids is 1. The second-order valence-corrected chi connectivity index (χ2v) is 6.19. The van der Waals surface area contributed by atoms with Gasteiger partial charge in [-0.1, -0.05) is 51.1 Å². The van der Waals surface area contributed by atoms with E-state index in [4.69, 9.17) is 9.84 Å². The summed E-state index contributed by atoms with van der Waals surface area (Å²) in [5.74, 6) is 0.504. The Balaban J connectivity index is 2.29. The number of carboxylic acids is 1. The molecule has 0 unspecified atom stereocenters. The minimum Gasteiger partial charge on any atom is -0.478 e. The van der Waals surface area contributed by atoms with Gasteiger partial charge in [0.05, 0.1) is 6.08 Å². The smallest absolute Gasteiger partial charge is 0.336 e. The van der Waals surface area contributed by atoms with E-state index in [9.17, 15) is 4.79 Å². The lowest BCUT2D eigenvalue weighted by Gasteiger charge is -2.21. The van der Waals surface area contributed by atoms with Crippen molar-refractivity contribution in [1.29, 1.82) is 0 Å². The average Bonchev–Trinajstić information content (AvgIpc) is 2.48. The largest absolute Gasteiger partial charge is 0.478 e. The molecule has 0 aliphatic carbocycles. The number of hydrogen-bond donors (Lipinski definition) is 1. The summed E-state index contributed by atoms with van der Waals surface area (Å²) in [6.45, 7) is 6.08. The molecule has 0 bridgehead atoms. The molecule has 0 aliphatic heterocycles. The lowest BCUT2D eigenvalue weighted by molar-refractivity contribution is -0.131. The third-order valence-electron chi connectivity index (χ3n) is 3.21. The van der Waals surface area contributed by atoms with E-state index >= 15 is 0 Å². The molecule has 2 aromatic rings. The van der Waals surface area contributed by atoms with Crippen LogP contribution in [0.15, 0.2) is 66.4 Å². The summed E-state index contributed by atoms with van der Waals surface area (Å²) < 4.78 is 5.77. The van der Waals surface area contributed by atoms with E-state index in [0.717, 1.165) is 28.7 Å². The van der Waals surface area contributed by atoms with Gasteiger partial charge in [0.2, 0.25) is 0 Å². The fourth-order valence-electron chi connectivity index (χ4n) is 2.18. The van der Waals surface area contributed by atoms with Crippen molar-refractivity contribution in [3.8, 4) is 11.5 Å². The van der Waals surface area contributed by atoms with Gasteiger partial charge in [-0.25, -0.2) is 4.79 Å². The van der Waals surface area contributed by atoms with E-state index in [1.165, 1.54) is 0 Å². The Bertz CT molecular complexity index is 729. The Morgan fingerprint density at radius 1 is 1.00 bits per heavy atom. The summed E-state index contributed by atoms with van der Waals surface area (Å²) in [7, 11) is 0. The molecule has 2 rings (SSSR count). The molecule has 0 fully saturated rings. The van der Waals surface area contributed by atoms with Gasteiger partial charge in [-0.3, -0.25) is 0 Å². The van der Waals surface area contributed by atoms with Crippen LogP contribution in [0.1, 0.15) is 26.3 Å². The summed E-state index contributed by atoms with van der Waals surface area (Å²) >= 11 is 0. The Labute approximate surface area is 136 Å². The van der Waals surface area contributed by atoms with Gasteiger partial charge in [0, 0.05) is 5.57 Å². The van der Waals surface area contributed by atoms with Gasteiger partial charge in [-0.05, 0) is 35.2 Å². The molecule has 0 heterocycles. The van der Waals surface area contributed by atoms with Gasteiger partial charge in [-0.2, -0.15) is 0 Å². The molecule has 0 saturated heterocycles. The second kappa shape index (κ2) is 6.99. The maximum Gasteiger partial charge on any atom is 0.336 e. The SMILES string of the molecule is CC(C)(C)C(=C=CC(=O)O)c1ccc(Oc2ccccc2)cc1. The highest BCUT2D eigenvalue weighted by molar-refractivity contribution is 5.82. The topological polar surface area (TPSA) is 46.5 Å². The van der Waals surface area contributed by atoms with Crippen molar-refractivity contribution in [2.45, 2.75) is 20.8 Å². The standard InChI is InChI=1S/C20H20O3/c1-20(2,3)18(13-14-19(21)22)15-9-11-17(12-10-15)23-16-7-5-4-6-8-16/h4-12,14H,1-3H3,(H,21,22). The van der Waals surface area contributed by atoms with Gasteiger partial charge >= 0.3 is 5.97 Å². The van der Waals surface area contributed by atoms with E-state index in [0.29, 0.717) is 0 Å². The number of para-hydroxylation sites is 1. The fraction of sp³-hybridized carbons (Fsp3) is 0.200. The minimum atomic E-state index is -1.00. The fourth-order valence-corrected chi connectivity index (χ4v) is 2.18. The van der Waals surface area contributed by atoms with E-state index in [1.807, 2.05) is 75.4 Å². The van der Waals surface area contributed by atoms with Crippen LogP contribution in [0.4, 0.5) is 0 Å². The maximum absolute atomic E-state index is 10.8. The zero-order valence-corrected chi connectivity index (χ0v) is 13.5. The van der Waals surface area contributed by atoms with Gasteiger partial charge < -0.3 is 9.84 Å². The van der Waals surface area contributed by atoms with Crippen molar-refractivity contribution in [2.75, 3.05) is 0 Å². The van der Waals surface area contributed by atoms with Crippen LogP contribution >= 0.6 is 0 Å². The third kappa shape index (κ3) is 4.87. The molecule has 1 N–H and O–H groups in total. The summed E-state index contributed by atoms with van der Waals surface area (Å²) in [5.41, 5.74) is 4.45. The molecule has 3 nitrogen and oxygen atoms in total. The zero-order chi connectivity index (χ0) is 16.9. The first-order valence-electron chi connectivity index (χ1n) is 7.40. The van der Waals surface area contributed by atoms with E-state index in [-0.39, 0.29) is 5.41 Å². The highest BCUT2D eigenvalue weighted by Gasteiger charge is 2.18. The van der Waals surface area contributed by atoms with Crippen molar-refractivity contribution < 1.29 is 14.6 Å². The first-order chi connectivity index (χ1) is 10.9. The summed E-state index contributed by atoms with van der Waals surface area (Å²) in [4.78, 5) is 10.8. The Morgan fingerprint density at radius 3 is 2.09 bits per heavy atom. The molecule has 3 heteroatoms. The van der Waals surface area contributed by atoms with Crippen LogP contribution in [0.5, 0.6) is 11.5 Å². The highest BCUT2D eigenvalue weighted by Crippen LogP contribution is 2.34. The molecule has 0 aromatic heterocycles. The van der Waals surface area contributed by atoms with Crippen LogP contribution in [0.3, 0.4) is 0 Å². The Kier molecular flexibility index (Phi) is 5.05. The first kappa shape index (κ1) is 16.6. The van der Waals surface area contributed by atoms with Crippen LogP contribution < -0.4 is 4.74 Å². The summed E-state index contributed by atoms with van der Waals surface area (Å²) in [6, 6.07) is 17.1. The molecular formula is C20H20O3. The van der Waals surface area contributed by atoms with Gasteiger partial charge in [-0.15, -0.1) is 5.73 Å². The molecule has 0 saturated carbocycles. The van der Waals surface area contributed by atoms with Crippen molar-refractivity contribution in [2.24, 2.45) is 5.41 Å². The molecular weight excluding hydrogens is 288 g/mol. The Morgan fingerprint density at radius 2 is 1.57 bits per heavy atom. The van der Waals surface area contributed by atoms with Crippen molar-refractivity contribution in [3.63, 3.8) is 0 Å². The zero-order valence-electron chi connectivity index (χ0n) is 13.5. The highest BCUT2D eigenvalue weighted by atomic mass is 16.5.